The van der Waals surface area contributed by atoms with Crippen LogP contribution >= 0.6 is 0 Å². The molecule has 3 atom stereocenters. The highest BCUT2D eigenvalue weighted by Crippen LogP contribution is 2.40. The van der Waals surface area contributed by atoms with Crippen LogP contribution < -0.4 is 16.2 Å². The maximum atomic E-state index is 13.6. The van der Waals surface area contributed by atoms with Crippen LogP contribution in [0.2, 0.25) is 0 Å². The van der Waals surface area contributed by atoms with E-state index in [0.717, 1.165) is 64.9 Å². The first kappa shape index (κ1) is 25.1. The molecule has 9 heteroatoms. The van der Waals surface area contributed by atoms with Gasteiger partial charge in [0.2, 0.25) is 5.91 Å². The predicted octanol–water partition coefficient (Wildman–Crippen LogP) is 3.59. The van der Waals surface area contributed by atoms with Crippen LogP contribution in [0.3, 0.4) is 0 Å². The van der Waals surface area contributed by atoms with Crippen molar-refractivity contribution in [2.45, 2.75) is 57.2 Å². The third kappa shape index (κ3) is 3.98. The number of rotatable bonds is 8. The number of aromatic nitrogens is 3. The lowest BCUT2D eigenvalue weighted by molar-refractivity contribution is -0.117. The summed E-state index contributed by atoms with van der Waals surface area (Å²) < 4.78 is 10.3. The van der Waals surface area contributed by atoms with Crippen LogP contribution in [0.25, 0.3) is 33.5 Å². The Morgan fingerprint density at radius 3 is 2.60 bits per heavy atom. The van der Waals surface area contributed by atoms with Gasteiger partial charge < -0.3 is 30.2 Å². The van der Waals surface area contributed by atoms with Crippen molar-refractivity contribution in [3.63, 3.8) is 0 Å². The van der Waals surface area contributed by atoms with Gasteiger partial charge in [-0.3, -0.25) is 9.59 Å². The molecule has 4 aromatic rings. The number of nitrogens with zero attached hydrogens (tertiary/aromatic N) is 4. The number of amides is 2. The number of carbonyl (C=O) groups is 2. The summed E-state index contributed by atoms with van der Waals surface area (Å²) in [5.41, 5.74) is 17.3. The van der Waals surface area contributed by atoms with Crippen molar-refractivity contribution in [3.05, 3.63) is 47.5 Å². The summed E-state index contributed by atoms with van der Waals surface area (Å²) in [5, 5.41) is 1.12. The molecule has 40 heavy (non-hydrogen) atoms. The minimum absolute atomic E-state index is 0.00278. The van der Waals surface area contributed by atoms with E-state index < -0.39 is 0 Å². The number of methoxy groups -OCH3 is 1. The van der Waals surface area contributed by atoms with Crippen LogP contribution in [-0.2, 0) is 24.8 Å². The number of hydrogen-bond donors (Lipinski definition) is 2. The van der Waals surface area contributed by atoms with Gasteiger partial charge in [-0.15, -0.1) is 0 Å². The number of ether oxygens (including phenoxy) is 1. The number of piperidine rings is 1. The van der Waals surface area contributed by atoms with Gasteiger partial charge in [-0.2, -0.15) is 0 Å². The molecule has 3 fully saturated rings. The normalized spacial score (nSPS) is 22.1. The first-order chi connectivity index (χ1) is 19.3. The molecular formula is C31H36N6O3. The van der Waals surface area contributed by atoms with E-state index >= 15 is 0 Å². The number of imidazole rings is 1. The number of primary amides is 1. The van der Waals surface area contributed by atoms with Gasteiger partial charge in [0, 0.05) is 49.6 Å². The number of nitrogens with two attached hydrogens (primary N) is 2. The Hall–Kier alpha value is -3.85. The molecule has 2 aromatic carbocycles. The van der Waals surface area contributed by atoms with Crippen LogP contribution in [0.5, 0.6) is 5.75 Å². The molecule has 0 unspecified atom stereocenters. The molecule has 3 aliphatic rings. The topological polar surface area (TPSA) is 121 Å². The van der Waals surface area contributed by atoms with Crippen LogP contribution in [0.1, 0.15) is 48.0 Å². The molecule has 2 aliphatic carbocycles. The van der Waals surface area contributed by atoms with Crippen molar-refractivity contribution >= 4 is 33.8 Å². The van der Waals surface area contributed by atoms with E-state index in [1.807, 2.05) is 30.1 Å². The zero-order valence-electron chi connectivity index (χ0n) is 23.1. The van der Waals surface area contributed by atoms with E-state index in [4.69, 9.17) is 21.2 Å². The molecule has 4 N–H and O–H groups in total. The van der Waals surface area contributed by atoms with Crippen molar-refractivity contribution in [1.29, 1.82) is 0 Å². The Labute approximate surface area is 233 Å². The largest absolute Gasteiger partial charge is 0.494 e. The third-order valence-corrected chi connectivity index (χ3v) is 9.33. The number of carbonyl (C=O) groups excluding carboxylic acids is 2. The van der Waals surface area contributed by atoms with E-state index in [9.17, 15) is 9.59 Å². The molecule has 3 heterocycles. The average molecular weight is 541 g/mol. The summed E-state index contributed by atoms with van der Waals surface area (Å²) in [7, 11) is 3.64. The van der Waals surface area contributed by atoms with Crippen LogP contribution in [0.4, 0.5) is 0 Å². The van der Waals surface area contributed by atoms with Crippen LogP contribution in [0, 0.1) is 11.8 Å². The number of aryl methyl sites for hydroxylation is 2. The minimum atomic E-state index is -0.297. The van der Waals surface area contributed by atoms with Crippen molar-refractivity contribution in [3.8, 4) is 17.3 Å². The van der Waals surface area contributed by atoms with Gasteiger partial charge in [-0.25, -0.2) is 4.98 Å². The molecule has 1 aliphatic heterocycles. The minimum Gasteiger partial charge on any atom is -0.494 e. The fourth-order valence-electron chi connectivity index (χ4n) is 7.06. The monoisotopic (exact) mass is 540 g/mol. The Kier molecular flexibility index (Phi) is 5.89. The smallest absolute Gasteiger partial charge is 0.254 e. The molecule has 2 saturated carbocycles. The molecule has 2 bridgehead atoms. The third-order valence-electron chi connectivity index (χ3n) is 9.33. The van der Waals surface area contributed by atoms with Gasteiger partial charge in [0.05, 0.1) is 23.8 Å². The number of benzene rings is 2. The van der Waals surface area contributed by atoms with Gasteiger partial charge in [0.15, 0.2) is 5.82 Å². The Bertz CT molecular complexity index is 1660. The zero-order chi connectivity index (χ0) is 27.7. The van der Waals surface area contributed by atoms with E-state index in [2.05, 4.69) is 27.3 Å². The average Bonchev–Trinajstić information content (AvgIpc) is 3.33. The maximum absolute atomic E-state index is 13.6. The fraction of sp³-hybridized carbons (Fsp3) is 0.452. The quantitative estimate of drug-likeness (QED) is 0.354. The lowest BCUT2D eigenvalue weighted by Gasteiger charge is -2.27. The predicted molar refractivity (Wildman–Crippen MR) is 154 cm³/mol. The van der Waals surface area contributed by atoms with Crippen molar-refractivity contribution < 1.29 is 14.3 Å². The summed E-state index contributed by atoms with van der Waals surface area (Å²) in [6.45, 7) is 1.62. The van der Waals surface area contributed by atoms with E-state index in [1.54, 1.807) is 7.11 Å². The lowest BCUT2D eigenvalue weighted by Crippen LogP contribution is -2.41. The van der Waals surface area contributed by atoms with E-state index in [0.29, 0.717) is 36.0 Å². The van der Waals surface area contributed by atoms with E-state index in [1.165, 1.54) is 12.8 Å². The molecule has 208 valence electrons. The first-order valence-corrected chi connectivity index (χ1v) is 14.3. The number of hydrogen-bond acceptors (Lipinski definition) is 5. The summed E-state index contributed by atoms with van der Waals surface area (Å²) in [4.78, 5) is 32.3. The van der Waals surface area contributed by atoms with E-state index in [-0.39, 0.29) is 23.9 Å². The highest BCUT2D eigenvalue weighted by Gasteiger charge is 2.47. The van der Waals surface area contributed by atoms with Crippen molar-refractivity contribution in [2.75, 3.05) is 13.7 Å². The zero-order valence-corrected chi connectivity index (χ0v) is 23.1. The highest BCUT2D eigenvalue weighted by atomic mass is 16.5. The van der Waals surface area contributed by atoms with Crippen LogP contribution in [0.15, 0.2) is 36.4 Å². The first-order valence-electron chi connectivity index (χ1n) is 14.3. The second-order valence-electron chi connectivity index (χ2n) is 11.9. The number of para-hydroxylation sites is 1. The SMILES string of the molecule is COc1cc(C(=O)N2C[C@H]3CC[C@@H]2[C@@H]3N)cc2nc(-c3cc4cccc(CCC(N)=O)c4n3CC3CC3)n(C)c12. The van der Waals surface area contributed by atoms with Gasteiger partial charge in [-0.05, 0) is 67.7 Å². The molecule has 0 spiro atoms. The highest BCUT2D eigenvalue weighted by molar-refractivity contribution is 6.00. The summed E-state index contributed by atoms with van der Waals surface area (Å²) in [6, 6.07) is 12.3. The summed E-state index contributed by atoms with van der Waals surface area (Å²) >= 11 is 0. The van der Waals surface area contributed by atoms with Gasteiger partial charge in [-0.1, -0.05) is 18.2 Å². The maximum Gasteiger partial charge on any atom is 0.254 e. The van der Waals surface area contributed by atoms with Gasteiger partial charge in [0.1, 0.15) is 11.3 Å². The van der Waals surface area contributed by atoms with Gasteiger partial charge in [0.25, 0.3) is 5.91 Å². The van der Waals surface area contributed by atoms with Crippen molar-refractivity contribution in [1.82, 2.24) is 19.0 Å². The van der Waals surface area contributed by atoms with Crippen molar-refractivity contribution in [2.24, 2.45) is 30.4 Å². The molecule has 9 nitrogen and oxygen atoms in total. The lowest BCUT2D eigenvalue weighted by atomic mass is 10.1. The molecule has 0 radical (unpaired) electrons. The molecule has 1 saturated heterocycles. The fourth-order valence-corrected chi connectivity index (χ4v) is 7.06. The molecule has 7 rings (SSSR count). The molecule has 2 amide bonds. The molecule has 2 aromatic heterocycles. The standard InChI is InChI=1S/C31H36N6O3/c1-35-29-22(12-21(14-25(29)40-2)31(39)37-16-20-8-10-23(37)27(20)33)34-30(35)24-13-19-5-3-4-18(9-11-26(32)38)28(19)36(24)15-17-6-7-17/h3-5,12-14,17,20,23,27H,6-11,15-16,33H2,1-2H3,(H2,32,38)/t20-,23-,27-/m1/s1. The Morgan fingerprint density at radius 2 is 1.93 bits per heavy atom. The number of likely N-dealkylation sites (tertiary alicyclic amines) is 1. The second kappa shape index (κ2) is 9.37. The summed E-state index contributed by atoms with van der Waals surface area (Å²) in [5.74, 6) is 2.17. The molecular weight excluding hydrogens is 504 g/mol. The Balaban J connectivity index is 1.34. The van der Waals surface area contributed by atoms with Gasteiger partial charge >= 0.3 is 0 Å². The Morgan fingerprint density at radius 1 is 1.10 bits per heavy atom. The summed E-state index contributed by atoms with van der Waals surface area (Å²) in [6.07, 6.45) is 5.41. The number of fused-ring (bicyclic) bond motifs is 4. The van der Waals surface area contributed by atoms with Crippen LogP contribution in [-0.4, -0.2) is 56.6 Å². The second-order valence-corrected chi connectivity index (χ2v) is 11.9.